The van der Waals surface area contributed by atoms with Gasteiger partial charge in [0.15, 0.2) is 0 Å². The van der Waals surface area contributed by atoms with Gasteiger partial charge in [-0.3, -0.25) is 9.59 Å². The van der Waals surface area contributed by atoms with Crippen LogP contribution < -0.4 is 5.32 Å². The Hall–Kier alpha value is -3.13. The summed E-state index contributed by atoms with van der Waals surface area (Å²) in [5.74, 6) is -1.22. The first kappa shape index (κ1) is 23.0. The van der Waals surface area contributed by atoms with Crippen molar-refractivity contribution in [3.63, 3.8) is 0 Å². The van der Waals surface area contributed by atoms with Crippen LogP contribution in [-0.4, -0.2) is 23.3 Å². The summed E-state index contributed by atoms with van der Waals surface area (Å²) < 4.78 is 39.5. The predicted molar refractivity (Wildman–Crippen MR) is 122 cm³/mol. The Kier molecular flexibility index (Phi) is 6.30. The van der Waals surface area contributed by atoms with Crippen molar-refractivity contribution < 1.29 is 22.8 Å². The van der Waals surface area contributed by atoms with E-state index < -0.39 is 29.6 Å². The molecule has 0 fully saturated rings. The monoisotopic (exact) mass is 472 g/mol. The van der Waals surface area contributed by atoms with Gasteiger partial charge in [0.25, 0.3) is 5.91 Å². The molecule has 2 heterocycles. The van der Waals surface area contributed by atoms with E-state index in [1.165, 1.54) is 23.5 Å². The van der Waals surface area contributed by atoms with E-state index in [-0.39, 0.29) is 17.5 Å². The van der Waals surface area contributed by atoms with Crippen molar-refractivity contribution in [2.24, 2.45) is 5.92 Å². The fourth-order valence-electron chi connectivity index (χ4n) is 4.24. The van der Waals surface area contributed by atoms with E-state index >= 15 is 0 Å². The topological polar surface area (TPSA) is 49.4 Å². The molecule has 172 valence electrons. The highest BCUT2D eigenvalue weighted by Crippen LogP contribution is 2.45. The lowest BCUT2D eigenvalue weighted by molar-refractivity contribution is -0.137. The number of thiophene rings is 1. The van der Waals surface area contributed by atoms with Crippen molar-refractivity contribution >= 4 is 28.8 Å². The maximum atomic E-state index is 13.6. The minimum Gasteiger partial charge on any atom is -0.329 e. The van der Waals surface area contributed by atoms with Crippen molar-refractivity contribution in [1.82, 2.24) is 4.90 Å². The molecule has 1 N–H and O–H groups in total. The molecule has 2 aromatic carbocycles. The standard InChI is InChI=1S/C25H23F3N2O2S/c1-15(2)14-30-22(20-11-6-12-33-20)21(18-9-3-4-10-19(18)24(30)32)23(31)29-17-8-5-7-16(13-17)25(26,27)28/h3-13,15,21-22H,14H2,1-2H3,(H,29,31)/t21-,22-/m0/s1. The second kappa shape index (κ2) is 9.02. The molecule has 0 radical (unpaired) electrons. The average molecular weight is 473 g/mol. The zero-order valence-electron chi connectivity index (χ0n) is 18.1. The van der Waals surface area contributed by atoms with Gasteiger partial charge in [-0.2, -0.15) is 13.2 Å². The van der Waals surface area contributed by atoms with Gasteiger partial charge >= 0.3 is 6.18 Å². The Morgan fingerprint density at radius 3 is 2.52 bits per heavy atom. The third-order valence-corrected chi connectivity index (χ3v) is 6.52. The first-order valence-electron chi connectivity index (χ1n) is 10.6. The molecular weight excluding hydrogens is 449 g/mol. The van der Waals surface area contributed by atoms with Crippen LogP contribution in [0.3, 0.4) is 0 Å². The molecule has 0 bridgehead atoms. The lowest BCUT2D eigenvalue weighted by Gasteiger charge is -2.42. The quantitative estimate of drug-likeness (QED) is 0.471. The third kappa shape index (κ3) is 4.66. The Morgan fingerprint density at radius 2 is 1.85 bits per heavy atom. The Morgan fingerprint density at radius 1 is 1.09 bits per heavy atom. The highest BCUT2D eigenvalue weighted by Gasteiger charge is 2.44. The van der Waals surface area contributed by atoms with Gasteiger partial charge < -0.3 is 10.2 Å². The molecule has 2 atom stereocenters. The summed E-state index contributed by atoms with van der Waals surface area (Å²) in [6.45, 7) is 4.44. The van der Waals surface area contributed by atoms with Crippen LogP contribution in [0.25, 0.3) is 0 Å². The molecule has 3 aromatic rings. The minimum atomic E-state index is -4.52. The largest absolute Gasteiger partial charge is 0.416 e. The maximum Gasteiger partial charge on any atom is 0.416 e. The average Bonchev–Trinajstić information content (AvgIpc) is 3.29. The number of amides is 2. The van der Waals surface area contributed by atoms with Crippen LogP contribution in [-0.2, 0) is 11.0 Å². The van der Waals surface area contributed by atoms with Gasteiger partial charge in [-0.25, -0.2) is 0 Å². The normalized spacial score (nSPS) is 18.4. The lowest BCUT2D eigenvalue weighted by Crippen LogP contribution is -2.47. The number of carbonyl (C=O) groups excluding carboxylic acids is 2. The third-order valence-electron chi connectivity index (χ3n) is 5.58. The molecule has 2 amide bonds. The van der Waals surface area contributed by atoms with Crippen LogP contribution in [0.4, 0.5) is 18.9 Å². The van der Waals surface area contributed by atoms with E-state index in [1.807, 2.05) is 31.4 Å². The van der Waals surface area contributed by atoms with E-state index in [1.54, 1.807) is 29.2 Å². The molecular formula is C25H23F3N2O2S. The SMILES string of the molecule is CC(C)CN1C(=O)c2ccccc2[C@H](C(=O)Nc2cccc(C(F)(F)F)c2)[C@@H]1c1cccs1. The fourth-order valence-corrected chi connectivity index (χ4v) is 5.11. The van der Waals surface area contributed by atoms with Crippen LogP contribution >= 0.6 is 11.3 Å². The molecule has 0 unspecified atom stereocenters. The van der Waals surface area contributed by atoms with Crippen molar-refractivity contribution in [2.45, 2.75) is 32.0 Å². The summed E-state index contributed by atoms with van der Waals surface area (Å²) >= 11 is 1.45. The zero-order chi connectivity index (χ0) is 23.8. The van der Waals surface area contributed by atoms with Gasteiger partial charge in [-0.1, -0.05) is 44.2 Å². The van der Waals surface area contributed by atoms with Crippen LogP contribution in [0.2, 0.25) is 0 Å². The second-order valence-corrected chi connectivity index (χ2v) is 9.42. The molecule has 4 nitrogen and oxygen atoms in total. The number of benzene rings is 2. The molecule has 0 saturated heterocycles. The number of carbonyl (C=O) groups is 2. The highest BCUT2D eigenvalue weighted by molar-refractivity contribution is 7.10. The Labute approximate surface area is 194 Å². The summed E-state index contributed by atoms with van der Waals surface area (Å²) in [5, 5.41) is 4.56. The maximum absolute atomic E-state index is 13.6. The molecule has 0 spiro atoms. The molecule has 1 aliphatic heterocycles. The summed E-state index contributed by atoms with van der Waals surface area (Å²) in [5.41, 5.74) is 0.237. The molecule has 1 aromatic heterocycles. The van der Waals surface area contributed by atoms with Crippen LogP contribution in [0.5, 0.6) is 0 Å². The number of alkyl halides is 3. The number of fused-ring (bicyclic) bond motifs is 1. The first-order chi connectivity index (χ1) is 15.7. The van der Waals surface area contributed by atoms with E-state index in [2.05, 4.69) is 5.32 Å². The smallest absolute Gasteiger partial charge is 0.329 e. The Balaban J connectivity index is 1.79. The van der Waals surface area contributed by atoms with Crippen LogP contribution in [0.15, 0.2) is 66.0 Å². The number of hydrogen-bond acceptors (Lipinski definition) is 3. The number of nitrogens with zero attached hydrogens (tertiary/aromatic N) is 1. The van der Waals surface area contributed by atoms with Gasteiger partial charge in [-0.05, 0) is 47.2 Å². The number of anilines is 1. The molecule has 4 rings (SSSR count). The second-order valence-electron chi connectivity index (χ2n) is 8.44. The van der Waals surface area contributed by atoms with E-state index in [0.29, 0.717) is 17.7 Å². The van der Waals surface area contributed by atoms with Crippen molar-refractivity contribution in [3.05, 3.63) is 87.6 Å². The number of hydrogen-bond donors (Lipinski definition) is 1. The molecule has 33 heavy (non-hydrogen) atoms. The summed E-state index contributed by atoms with van der Waals surface area (Å²) in [7, 11) is 0. The fraction of sp³-hybridized carbons (Fsp3) is 0.280. The van der Waals surface area contributed by atoms with Gasteiger partial charge in [-0.15, -0.1) is 11.3 Å². The number of rotatable bonds is 5. The zero-order valence-corrected chi connectivity index (χ0v) is 18.9. The van der Waals surface area contributed by atoms with Crippen LogP contribution in [0, 0.1) is 5.92 Å². The summed E-state index contributed by atoms with van der Waals surface area (Å²) in [4.78, 5) is 29.6. The van der Waals surface area contributed by atoms with Gasteiger partial charge in [0.2, 0.25) is 5.91 Å². The van der Waals surface area contributed by atoms with E-state index in [0.717, 1.165) is 17.0 Å². The Bertz CT molecular complexity index is 1160. The summed E-state index contributed by atoms with van der Waals surface area (Å²) in [6.07, 6.45) is -4.52. The van der Waals surface area contributed by atoms with Gasteiger partial charge in [0.05, 0.1) is 17.5 Å². The van der Waals surface area contributed by atoms with Crippen molar-refractivity contribution in [3.8, 4) is 0 Å². The minimum absolute atomic E-state index is 0.0598. The molecule has 0 saturated carbocycles. The molecule has 8 heteroatoms. The van der Waals surface area contributed by atoms with Gasteiger partial charge in [0.1, 0.15) is 0 Å². The summed E-state index contributed by atoms with van der Waals surface area (Å²) in [6, 6.07) is 14.7. The first-order valence-corrected chi connectivity index (χ1v) is 11.5. The highest BCUT2D eigenvalue weighted by atomic mass is 32.1. The molecule has 0 aliphatic carbocycles. The van der Waals surface area contributed by atoms with Crippen molar-refractivity contribution in [2.75, 3.05) is 11.9 Å². The molecule has 1 aliphatic rings. The van der Waals surface area contributed by atoms with E-state index in [9.17, 15) is 22.8 Å². The van der Waals surface area contributed by atoms with Gasteiger partial charge in [0, 0.05) is 22.7 Å². The number of nitrogens with one attached hydrogen (secondary N) is 1. The predicted octanol–water partition coefficient (Wildman–Crippen LogP) is 6.34. The van der Waals surface area contributed by atoms with E-state index in [4.69, 9.17) is 0 Å². The lowest BCUT2D eigenvalue weighted by atomic mass is 9.81. The van der Waals surface area contributed by atoms with Crippen molar-refractivity contribution in [1.29, 1.82) is 0 Å². The number of halogens is 3. The van der Waals surface area contributed by atoms with Crippen LogP contribution in [0.1, 0.15) is 52.2 Å².